The molecule has 0 aliphatic carbocycles. The molecule has 0 unspecified atom stereocenters. The van der Waals surface area contributed by atoms with Gasteiger partial charge in [-0.15, -0.1) is 5.92 Å². The van der Waals surface area contributed by atoms with E-state index in [1.807, 2.05) is 19.9 Å². The van der Waals surface area contributed by atoms with Gasteiger partial charge in [-0.25, -0.2) is 8.78 Å². The zero-order chi connectivity index (χ0) is 16.3. The van der Waals surface area contributed by atoms with E-state index in [1.54, 1.807) is 11.5 Å². The molecule has 3 nitrogen and oxygen atoms in total. The number of amides is 1. The van der Waals surface area contributed by atoms with Crippen LogP contribution in [0.5, 0.6) is 0 Å². The molecule has 0 fully saturated rings. The molecule has 0 spiro atoms. The highest BCUT2D eigenvalue weighted by Crippen LogP contribution is 2.18. The van der Waals surface area contributed by atoms with Gasteiger partial charge in [0.05, 0.1) is 6.54 Å². The van der Waals surface area contributed by atoms with Crippen LogP contribution in [0, 0.1) is 37.3 Å². The SMILES string of the molecule is CC#CCn1c(C)cc(C)c1C(=O)Nc1ccc(F)c(F)c1. The first-order chi connectivity index (χ1) is 10.4. The number of halogens is 2. The predicted molar refractivity (Wildman–Crippen MR) is 81.7 cm³/mol. The highest BCUT2D eigenvalue weighted by Gasteiger charge is 2.17. The van der Waals surface area contributed by atoms with Gasteiger partial charge >= 0.3 is 0 Å². The number of rotatable bonds is 3. The third-order valence-corrected chi connectivity index (χ3v) is 3.30. The molecule has 22 heavy (non-hydrogen) atoms. The average molecular weight is 302 g/mol. The van der Waals surface area contributed by atoms with Crippen molar-refractivity contribution in [1.82, 2.24) is 4.57 Å². The monoisotopic (exact) mass is 302 g/mol. The van der Waals surface area contributed by atoms with Crippen LogP contribution in [0.15, 0.2) is 24.3 Å². The second-order valence-electron chi connectivity index (χ2n) is 4.91. The number of carbonyl (C=O) groups is 1. The summed E-state index contributed by atoms with van der Waals surface area (Å²) in [5, 5.41) is 2.58. The molecule has 1 heterocycles. The Labute approximate surface area is 128 Å². The zero-order valence-corrected chi connectivity index (χ0v) is 12.6. The summed E-state index contributed by atoms with van der Waals surface area (Å²) in [6, 6.07) is 5.13. The van der Waals surface area contributed by atoms with Crippen molar-refractivity contribution in [1.29, 1.82) is 0 Å². The standard InChI is InChI=1S/C17H16F2N2O/c1-4-5-8-21-12(3)9-11(2)16(21)17(22)20-13-6-7-14(18)15(19)10-13/h6-7,9-10H,8H2,1-3H3,(H,20,22). The number of aromatic nitrogens is 1. The zero-order valence-electron chi connectivity index (χ0n) is 12.6. The van der Waals surface area contributed by atoms with Crippen LogP contribution < -0.4 is 5.32 Å². The largest absolute Gasteiger partial charge is 0.329 e. The van der Waals surface area contributed by atoms with E-state index < -0.39 is 11.6 Å². The summed E-state index contributed by atoms with van der Waals surface area (Å²) < 4.78 is 27.9. The molecule has 2 rings (SSSR count). The molecular weight excluding hydrogens is 286 g/mol. The number of nitrogens with one attached hydrogen (secondary N) is 1. The lowest BCUT2D eigenvalue weighted by Gasteiger charge is -2.10. The van der Waals surface area contributed by atoms with E-state index in [0.29, 0.717) is 12.2 Å². The second-order valence-corrected chi connectivity index (χ2v) is 4.91. The lowest BCUT2D eigenvalue weighted by Crippen LogP contribution is -2.18. The molecule has 0 saturated carbocycles. The van der Waals surface area contributed by atoms with Crippen molar-refractivity contribution in [3.63, 3.8) is 0 Å². The van der Waals surface area contributed by atoms with Crippen LogP contribution in [-0.2, 0) is 6.54 Å². The van der Waals surface area contributed by atoms with E-state index >= 15 is 0 Å². The summed E-state index contributed by atoms with van der Waals surface area (Å²) in [6.07, 6.45) is 0. The molecule has 0 bridgehead atoms. The van der Waals surface area contributed by atoms with Gasteiger partial charge in [0.1, 0.15) is 5.69 Å². The van der Waals surface area contributed by atoms with Gasteiger partial charge in [0.25, 0.3) is 5.91 Å². The van der Waals surface area contributed by atoms with Crippen LogP contribution in [0.3, 0.4) is 0 Å². The summed E-state index contributed by atoms with van der Waals surface area (Å²) in [5.41, 5.74) is 2.38. The van der Waals surface area contributed by atoms with Crippen LogP contribution in [-0.4, -0.2) is 10.5 Å². The number of anilines is 1. The fourth-order valence-electron chi connectivity index (χ4n) is 2.28. The first-order valence-electron chi connectivity index (χ1n) is 6.76. The van der Waals surface area contributed by atoms with E-state index in [9.17, 15) is 13.6 Å². The molecule has 1 aromatic carbocycles. The molecule has 2 aromatic rings. The van der Waals surface area contributed by atoms with Gasteiger partial charge in [-0.2, -0.15) is 0 Å². The van der Waals surface area contributed by atoms with Crippen molar-refractivity contribution in [3.05, 3.63) is 52.9 Å². The molecule has 0 atom stereocenters. The first kappa shape index (κ1) is 15.8. The Morgan fingerprint density at radius 2 is 1.95 bits per heavy atom. The molecule has 1 N–H and O–H groups in total. The predicted octanol–water partition coefficient (Wildman–Crippen LogP) is 3.66. The van der Waals surface area contributed by atoms with Gasteiger partial charge in [0.2, 0.25) is 0 Å². The fraction of sp³-hybridized carbons (Fsp3) is 0.235. The molecular formula is C17H16F2N2O. The third kappa shape index (κ3) is 3.17. The Morgan fingerprint density at radius 3 is 2.59 bits per heavy atom. The van der Waals surface area contributed by atoms with Gasteiger partial charge in [0, 0.05) is 17.4 Å². The molecule has 0 aliphatic heterocycles. The number of benzene rings is 1. The maximum atomic E-state index is 13.2. The van der Waals surface area contributed by atoms with Crippen molar-refractivity contribution < 1.29 is 13.6 Å². The average Bonchev–Trinajstić information content (AvgIpc) is 2.74. The minimum Gasteiger partial charge on any atom is -0.329 e. The third-order valence-electron chi connectivity index (χ3n) is 3.30. The van der Waals surface area contributed by atoms with E-state index in [4.69, 9.17) is 0 Å². The minimum atomic E-state index is -1.00. The van der Waals surface area contributed by atoms with E-state index in [0.717, 1.165) is 23.4 Å². The second kappa shape index (κ2) is 6.44. The van der Waals surface area contributed by atoms with E-state index in [2.05, 4.69) is 17.2 Å². The summed E-state index contributed by atoms with van der Waals surface area (Å²) >= 11 is 0. The van der Waals surface area contributed by atoms with Gasteiger partial charge in [-0.05, 0) is 44.5 Å². The molecule has 5 heteroatoms. The number of hydrogen-bond donors (Lipinski definition) is 1. The van der Waals surface area contributed by atoms with Crippen LogP contribution in [0.1, 0.15) is 28.7 Å². The van der Waals surface area contributed by atoms with Crippen LogP contribution in [0.2, 0.25) is 0 Å². The van der Waals surface area contributed by atoms with Crippen molar-refractivity contribution in [3.8, 4) is 11.8 Å². The quantitative estimate of drug-likeness (QED) is 0.863. The van der Waals surface area contributed by atoms with Crippen LogP contribution in [0.25, 0.3) is 0 Å². The highest BCUT2D eigenvalue weighted by molar-refractivity contribution is 6.04. The van der Waals surface area contributed by atoms with Gasteiger partial charge in [0.15, 0.2) is 11.6 Å². The molecule has 1 aromatic heterocycles. The maximum Gasteiger partial charge on any atom is 0.272 e. The normalized spacial score (nSPS) is 10.0. The summed E-state index contributed by atoms with van der Waals surface area (Å²) in [5.74, 6) is 3.37. The Hall–Kier alpha value is -2.61. The highest BCUT2D eigenvalue weighted by atomic mass is 19.2. The Morgan fingerprint density at radius 1 is 1.23 bits per heavy atom. The first-order valence-corrected chi connectivity index (χ1v) is 6.76. The van der Waals surface area contributed by atoms with Crippen molar-refractivity contribution in [2.75, 3.05) is 5.32 Å². The number of carbonyl (C=O) groups excluding carboxylic acids is 1. The number of aryl methyl sites for hydroxylation is 2. The van der Waals surface area contributed by atoms with Crippen LogP contribution >= 0.6 is 0 Å². The maximum absolute atomic E-state index is 13.2. The smallest absolute Gasteiger partial charge is 0.272 e. The fourth-order valence-corrected chi connectivity index (χ4v) is 2.28. The van der Waals surface area contributed by atoms with Crippen molar-refractivity contribution >= 4 is 11.6 Å². The van der Waals surface area contributed by atoms with E-state index in [1.165, 1.54) is 6.07 Å². The van der Waals surface area contributed by atoms with Crippen LogP contribution in [0.4, 0.5) is 14.5 Å². The van der Waals surface area contributed by atoms with Crippen molar-refractivity contribution in [2.45, 2.75) is 27.3 Å². The lowest BCUT2D eigenvalue weighted by molar-refractivity contribution is 0.101. The number of hydrogen-bond acceptors (Lipinski definition) is 1. The molecule has 114 valence electrons. The Balaban J connectivity index is 2.32. The topological polar surface area (TPSA) is 34.0 Å². The van der Waals surface area contributed by atoms with Gasteiger partial charge in [-0.1, -0.05) is 5.92 Å². The molecule has 0 radical (unpaired) electrons. The van der Waals surface area contributed by atoms with E-state index in [-0.39, 0.29) is 11.6 Å². The lowest BCUT2D eigenvalue weighted by atomic mass is 10.2. The summed E-state index contributed by atoms with van der Waals surface area (Å²) in [7, 11) is 0. The minimum absolute atomic E-state index is 0.204. The Bertz CT molecular complexity index is 782. The van der Waals surface area contributed by atoms with Crippen molar-refractivity contribution in [2.24, 2.45) is 0 Å². The van der Waals surface area contributed by atoms with Gasteiger partial charge < -0.3 is 9.88 Å². The number of nitrogens with zero attached hydrogens (tertiary/aromatic N) is 1. The molecule has 0 aliphatic rings. The van der Waals surface area contributed by atoms with Gasteiger partial charge in [-0.3, -0.25) is 4.79 Å². The summed E-state index contributed by atoms with van der Waals surface area (Å²) in [6.45, 7) is 5.84. The molecule has 1 amide bonds. The molecule has 0 saturated heterocycles. The Kier molecular flexibility index (Phi) is 4.62. The summed E-state index contributed by atoms with van der Waals surface area (Å²) in [4.78, 5) is 12.4.